The smallest absolute Gasteiger partial charge is 0.281 e. The van der Waals surface area contributed by atoms with Gasteiger partial charge in [0.15, 0.2) is 11.5 Å². The van der Waals surface area contributed by atoms with E-state index in [-0.39, 0.29) is 30.9 Å². The van der Waals surface area contributed by atoms with Gasteiger partial charge in [0.1, 0.15) is 11.6 Å². The monoisotopic (exact) mass is 427 g/mol. The number of rotatable bonds is 4. The Bertz CT molecular complexity index is 1280. The number of fused-ring (bicyclic) bond motifs is 2. The molecule has 6 rings (SSSR count). The lowest BCUT2D eigenvalue weighted by atomic mass is 10.2. The first-order chi connectivity index (χ1) is 15.0. The minimum atomic E-state index is -2.91. The number of nitrogens with one attached hydrogen (secondary N) is 1. The van der Waals surface area contributed by atoms with E-state index < -0.39 is 12.0 Å². The van der Waals surface area contributed by atoms with Crippen molar-refractivity contribution < 1.29 is 13.5 Å². The Morgan fingerprint density at radius 1 is 1.13 bits per heavy atom. The van der Waals surface area contributed by atoms with Crippen LogP contribution in [0.25, 0.3) is 22.4 Å². The van der Waals surface area contributed by atoms with Crippen LogP contribution in [0.2, 0.25) is 0 Å². The van der Waals surface area contributed by atoms with Crippen molar-refractivity contribution in [2.24, 2.45) is 0 Å². The van der Waals surface area contributed by atoms with Gasteiger partial charge in [-0.2, -0.15) is 10.1 Å². The maximum atomic E-state index is 14.6. The van der Waals surface area contributed by atoms with Crippen molar-refractivity contribution in [2.45, 2.75) is 18.0 Å². The zero-order valence-corrected chi connectivity index (χ0v) is 16.3. The number of hydrogen-bond acceptors (Lipinski definition) is 8. The molecule has 6 heterocycles. The van der Waals surface area contributed by atoms with Crippen LogP contribution < -0.4 is 11.1 Å². The third-order valence-corrected chi connectivity index (χ3v) is 5.85. The summed E-state index contributed by atoms with van der Waals surface area (Å²) < 4.78 is 37.4. The van der Waals surface area contributed by atoms with Crippen molar-refractivity contribution >= 4 is 22.9 Å². The molecular weight excluding hydrogens is 408 g/mol. The molecule has 0 aromatic carbocycles. The van der Waals surface area contributed by atoms with Crippen molar-refractivity contribution in [1.82, 2.24) is 34.1 Å². The second kappa shape index (κ2) is 6.56. The molecule has 0 bridgehead atoms. The third kappa shape index (κ3) is 2.98. The van der Waals surface area contributed by atoms with E-state index >= 15 is 0 Å². The van der Waals surface area contributed by atoms with Gasteiger partial charge in [-0.25, -0.2) is 22.8 Å². The van der Waals surface area contributed by atoms with Gasteiger partial charge in [-0.15, -0.1) is 5.10 Å². The average Bonchev–Trinajstić information content (AvgIpc) is 3.37. The summed E-state index contributed by atoms with van der Waals surface area (Å²) >= 11 is 0. The summed E-state index contributed by atoms with van der Waals surface area (Å²) in [5.74, 6) is -2.67. The summed E-state index contributed by atoms with van der Waals surface area (Å²) in [6, 6.07) is 4.37. The molecule has 0 amide bonds. The highest BCUT2D eigenvalue weighted by Gasteiger charge is 2.51. The molecule has 10 nitrogen and oxygen atoms in total. The molecule has 31 heavy (non-hydrogen) atoms. The van der Waals surface area contributed by atoms with Crippen LogP contribution >= 0.6 is 0 Å². The minimum absolute atomic E-state index is 0.0405. The van der Waals surface area contributed by atoms with E-state index in [0.29, 0.717) is 30.1 Å². The molecule has 2 aliphatic heterocycles. The van der Waals surface area contributed by atoms with Gasteiger partial charge < -0.3 is 15.8 Å². The Morgan fingerprint density at radius 3 is 2.77 bits per heavy atom. The van der Waals surface area contributed by atoms with Gasteiger partial charge in [0, 0.05) is 30.6 Å². The number of anilines is 2. The Labute approximate surface area is 174 Å². The van der Waals surface area contributed by atoms with E-state index in [9.17, 15) is 8.78 Å². The van der Waals surface area contributed by atoms with Crippen molar-refractivity contribution in [3.05, 3.63) is 36.8 Å². The second-order valence-electron chi connectivity index (χ2n) is 7.87. The van der Waals surface area contributed by atoms with Gasteiger partial charge in [0.2, 0.25) is 5.95 Å². The fourth-order valence-electron chi connectivity index (χ4n) is 4.12. The lowest BCUT2D eigenvalue weighted by Crippen LogP contribution is -2.48. The Kier molecular flexibility index (Phi) is 3.89. The largest absolute Gasteiger partial charge is 0.382 e. The van der Waals surface area contributed by atoms with Gasteiger partial charge in [0.25, 0.3) is 5.92 Å². The molecule has 12 heteroatoms. The van der Waals surface area contributed by atoms with Crippen molar-refractivity contribution in [2.75, 3.05) is 37.4 Å². The van der Waals surface area contributed by atoms with Gasteiger partial charge in [-0.3, -0.25) is 4.90 Å². The first-order valence-electron chi connectivity index (χ1n) is 9.90. The van der Waals surface area contributed by atoms with Crippen LogP contribution in [-0.4, -0.2) is 78.4 Å². The summed E-state index contributed by atoms with van der Waals surface area (Å²) in [5, 5.41) is 11.3. The molecule has 2 fully saturated rings. The summed E-state index contributed by atoms with van der Waals surface area (Å²) in [4.78, 5) is 10.6. The number of hydrogen-bond donors (Lipinski definition) is 2. The van der Waals surface area contributed by atoms with E-state index in [0.717, 1.165) is 5.56 Å². The lowest BCUT2D eigenvalue weighted by Gasteiger charge is -2.34. The molecule has 0 saturated carbocycles. The average molecular weight is 427 g/mol. The van der Waals surface area contributed by atoms with Crippen molar-refractivity contribution in [3.8, 4) is 11.3 Å². The first-order valence-corrected chi connectivity index (χ1v) is 9.90. The highest BCUT2D eigenvalue weighted by molar-refractivity contribution is 5.86. The summed E-state index contributed by atoms with van der Waals surface area (Å²) in [5.41, 5.74) is 8.90. The van der Waals surface area contributed by atoms with Crippen LogP contribution in [0, 0.1) is 0 Å². The minimum Gasteiger partial charge on any atom is -0.382 e. The third-order valence-electron chi connectivity index (χ3n) is 5.85. The topological polar surface area (TPSA) is 111 Å². The van der Waals surface area contributed by atoms with Crippen LogP contribution in [0.5, 0.6) is 0 Å². The molecule has 2 aliphatic rings. The number of nitrogens with two attached hydrogens (primary N) is 1. The highest BCUT2D eigenvalue weighted by Crippen LogP contribution is 2.33. The molecule has 0 aliphatic carbocycles. The number of ether oxygens (including phenoxy) is 1. The zero-order valence-electron chi connectivity index (χ0n) is 16.3. The Morgan fingerprint density at radius 2 is 1.97 bits per heavy atom. The van der Waals surface area contributed by atoms with E-state index in [1.54, 1.807) is 34.1 Å². The highest BCUT2D eigenvalue weighted by atomic mass is 19.3. The molecule has 3 N–H and O–H groups in total. The number of nitrogens with zero attached hydrogens (tertiary/aromatic N) is 7. The normalized spacial score (nSPS) is 21.7. The SMILES string of the molecule is Nc1nc(NC2CN(C3COC3)CC2(F)F)nn2ccc(-c3ccn4nccc4n3)c12. The van der Waals surface area contributed by atoms with Crippen molar-refractivity contribution in [1.29, 1.82) is 0 Å². The molecule has 1 unspecified atom stereocenters. The summed E-state index contributed by atoms with van der Waals surface area (Å²) in [7, 11) is 0. The van der Waals surface area contributed by atoms with Crippen LogP contribution in [-0.2, 0) is 4.74 Å². The number of likely N-dealkylation sites (tertiary alicyclic amines) is 1. The van der Waals surface area contributed by atoms with E-state index in [2.05, 4.69) is 25.5 Å². The molecule has 160 valence electrons. The number of nitrogen functional groups attached to an aromatic ring is 1. The van der Waals surface area contributed by atoms with Crippen molar-refractivity contribution in [3.63, 3.8) is 0 Å². The maximum absolute atomic E-state index is 14.6. The lowest BCUT2D eigenvalue weighted by molar-refractivity contribution is -0.0711. The Balaban J connectivity index is 1.31. The maximum Gasteiger partial charge on any atom is 0.281 e. The first kappa shape index (κ1) is 18.4. The molecule has 0 radical (unpaired) electrons. The summed E-state index contributed by atoms with van der Waals surface area (Å²) in [6.45, 7) is 0.855. The van der Waals surface area contributed by atoms with Gasteiger partial charge in [0.05, 0.1) is 37.7 Å². The van der Waals surface area contributed by atoms with Gasteiger partial charge >= 0.3 is 0 Å². The fourth-order valence-corrected chi connectivity index (χ4v) is 4.12. The van der Waals surface area contributed by atoms with Crippen LogP contribution in [0.4, 0.5) is 20.5 Å². The zero-order chi connectivity index (χ0) is 21.2. The Hall–Kier alpha value is -3.38. The van der Waals surface area contributed by atoms with Gasteiger partial charge in [-0.1, -0.05) is 0 Å². The number of halogens is 2. The predicted octanol–water partition coefficient (Wildman–Crippen LogP) is 1.15. The van der Waals surface area contributed by atoms with Gasteiger partial charge in [-0.05, 0) is 12.1 Å². The predicted molar refractivity (Wildman–Crippen MR) is 108 cm³/mol. The van der Waals surface area contributed by atoms with Crippen LogP contribution in [0.3, 0.4) is 0 Å². The molecule has 4 aromatic rings. The number of alkyl halides is 2. The molecular formula is C19H19F2N9O. The second-order valence-corrected chi connectivity index (χ2v) is 7.87. The molecule has 4 aromatic heterocycles. The van der Waals surface area contributed by atoms with Crippen LogP contribution in [0.1, 0.15) is 0 Å². The summed E-state index contributed by atoms with van der Waals surface area (Å²) in [6.07, 6.45) is 5.17. The standard InChI is InChI=1S/C19H19F2N9O/c20-19(21)10-28(11-8-31-9-11)7-14(19)25-18-26-17(22)16-12(2-5-30(16)27-18)13-3-6-29-15(24-13)1-4-23-29/h1-6,11,14H,7-10H2,(H3,22,25,26,27). The van der Waals surface area contributed by atoms with E-state index in [4.69, 9.17) is 10.5 Å². The molecule has 2 saturated heterocycles. The molecule has 1 atom stereocenters. The fraction of sp³-hybridized carbons (Fsp3) is 0.368. The molecule has 0 spiro atoms. The van der Waals surface area contributed by atoms with Crippen LogP contribution in [0.15, 0.2) is 36.8 Å². The van der Waals surface area contributed by atoms with E-state index in [1.165, 1.54) is 4.52 Å². The number of aromatic nitrogens is 6. The van der Waals surface area contributed by atoms with E-state index in [1.807, 2.05) is 12.1 Å². The quantitative estimate of drug-likeness (QED) is 0.499.